The van der Waals surface area contributed by atoms with Gasteiger partial charge in [0.1, 0.15) is 5.69 Å². The van der Waals surface area contributed by atoms with Crippen LogP contribution in [0.5, 0.6) is 0 Å². The molecule has 0 aliphatic carbocycles. The molecule has 2 rings (SSSR count). The predicted molar refractivity (Wildman–Crippen MR) is 66.2 cm³/mol. The van der Waals surface area contributed by atoms with Crippen molar-refractivity contribution < 1.29 is 18.0 Å². The Morgan fingerprint density at radius 1 is 1.16 bits per heavy atom. The minimum Gasteiger partial charge on any atom is -0.317 e. The topological polar surface area (TPSA) is 42.0 Å². The van der Waals surface area contributed by atoms with Crippen molar-refractivity contribution in [2.75, 3.05) is 5.32 Å². The lowest BCUT2D eigenvalue weighted by Crippen LogP contribution is -2.16. The maximum absolute atomic E-state index is 13.5. The number of hydrogen-bond donors (Lipinski definition) is 1. The molecule has 0 spiro atoms. The van der Waals surface area contributed by atoms with E-state index in [1.165, 1.54) is 6.20 Å². The molecule has 2 aromatic rings. The van der Waals surface area contributed by atoms with Crippen molar-refractivity contribution >= 4 is 27.5 Å². The van der Waals surface area contributed by atoms with Crippen LogP contribution in [0.4, 0.5) is 18.9 Å². The fourth-order valence-electron chi connectivity index (χ4n) is 1.40. The van der Waals surface area contributed by atoms with Gasteiger partial charge in [-0.2, -0.15) is 0 Å². The van der Waals surface area contributed by atoms with Gasteiger partial charge in [-0.1, -0.05) is 15.9 Å². The Morgan fingerprint density at radius 2 is 1.79 bits per heavy atom. The molecule has 19 heavy (non-hydrogen) atoms. The number of pyridine rings is 1. The summed E-state index contributed by atoms with van der Waals surface area (Å²) in [4.78, 5) is 15.2. The minimum absolute atomic E-state index is 0.190. The fraction of sp³-hybridized carbons (Fsp3) is 0. The molecule has 1 N–H and O–H groups in total. The molecule has 0 unspecified atom stereocenters. The zero-order chi connectivity index (χ0) is 14.0. The van der Waals surface area contributed by atoms with Crippen LogP contribution >= 0.6 is 15.9 Å². The smallest absolute Gasteiger partial charge is 0.258 e. The average molecular weight is 331 g/mol. The van der Waals surface area contributed by atoms with Crippen LogP contribution in [0.2, 0.25) is 0 Å². The van der Waals surface area contributed by atoms with Gasteiger partial charge in [0.05, 0.1) is 11.8 Å². The lowest BCUT2D eigenvalue weighted by molar-refractivity contribution is 0.102. The van der Waals surface area contributed by atoms with Gasteiger partial charge < -0.3 is 5.32 Å². The van der Waals surface area contributed by atoms with Gasteiger partial charge in [0.2, 0.25) is 0 Å². The van der Waals surface area contributed by atoms with Crippen LogP contribution in [0.25, 0.3) is 0 Å². The van der Waals surface area contributed by atoms with Crippen LogP contribution in [-0.4, -0.2) is 10.9 Å². The van der Waals surface area contributed by atoms with Crippen LogP contribution in [0.3, 0.4) is 0 Å². The third-order valence-corrected chi connectivity index (χ3v) is 2.72. The highest BCUT2D eigenvalue weighted by Gasteiger charge is 2.17. The highest BCUT2D eigenvalue weighted by Crippen LogP contribution is 2.24. The number of nitrogens with zero attached hydrogens (tertiary/aromatic N) is 1. The summed E-state index contributed by atoms with van der Waals surface area (Å²) in [5.41, 5.74) is -0.985. The molecular weight excluding hydrogens is 325 g/mol. The quantitative estimate of drug-likeness (QED) is 0.915. The number of amides is 1. The molecule has 0 saturated carbocycles. The highest BCUT2D eigenvalue weighted by molar-refractivity contribution is 9.10. The molecule has 98 valence electrons. The van der Waals surface area contributed by atoms with Gasteiger partial charge in [0, 0.05) is 10.7 Å². The Kier molecular flexibility index (Phi) is 3.84. The maximum Gasteiger partial charge on any atom is 0.258 e. The average Bonchev–Trinajstić information content (AvgIpc) is 2.34. The van der Waals surface area contributed by atoms with E-state index in [2.05, 4.69) is 20.9 Å². The largest absolute Gasteiger partial charge is 0.317 e. The Balaban J connectivity index is 2.32. The molecule has 1 aromatic heterocycles. The zero-order valence-corrected chi connectivity index (χ0v) is 10.8. The monoisotopic (exact) mass is 330 g/mol. The van der Waals surface area contributed by atoms with Crippen molar-refractivity contribution in [3.63, 3.8) is 0 Å². The van der Waals surface area contributed by atoms with E-state index in [4.69, 9.17) is 0 Å². The minimum atomic E-state index is -0.963. The van der Waals surface area contributed by atoms with Crippen LogP contribution in [0.15, 0.2) is 35.1 Å². The summed E-state index contributed by atoms with van der Waals surface area (Å²) < 4.78 is 40.5. The fourth-order valence-corrected chi connectivity index (χ4v) is 1.80. The Labute approximate surface area is 114 Å². The SMILES string of the molecule is O=C(Nc1c(F)cc(Br)cc1F)c1ccncc1F. The molecule has 3 nitrogen and oxygen atoms in total. The summed E-state index contributed by atoms with van der Waals surface area (Å²) in [5.74, 6) is -3.76. The summed E-state index contributed by atoms with van der Waals surface area (Å²) in [6.07, 6.45) is 2.04. The lowest BCUT2D eigenvalue weighted by atomic mass is 10.2. The van der Waals surface area contributed by atoms with Crippen LogP contribution in [-0.2, 0) is 0 Å². The first-order chi connectivity index (χ1) is 8.99. The van der Waals surface area contributed by atoms with Gasteiger partial charge in [-0.3, -0.25) is 9.78 Å². The zero-order valence-electron chi connectivity index (χ0n) is 9.25. The number of benzene rings is 1. The van der Waals surface area contributed by atoms with Gasteiger partial charge in [-0.25, -0.2) is 13.2 Å². The lowest BCUT2D eigenvalue weighted by Gasteiger charge is -2.08. The number of carbonyl (C=O) groups is 1. The number of halogens is 4. The molecule has 0 aliphatic heterocycles. The number of aromatic nitrogens is 1. The summed E-state index contributed by atoms with van der Waals surface area (Å²) >= 11 is 2.91. The number of rotatable bonds is 2. The standard InChI is InChI=1S/C12H6BrF3N2O/c13-6-3-8(14)11(9(15)4-6)18-12(19)7-1-2-17-5-10(7)16/h1-5H,(H,18,19). The second-order valence-corrected chi connectivity index (χ2v) is 4.47. The second kappa shape index (κ2) is 5.40. The molecule has 0 aliphatic rings. The van der Waals surface area contributed by atoms with Gasteiger partial charge in [0.25, 0.3) is 5.91 Å². The Bertz CT molecular complexity index is 626. The van der Waals surface area contributed by atoms with Crippen molar-refractivity contribution in [2.45, 2.75) is 0 Å². The van der Waals surface area contributed by atoms with E-state index >= 15 is 0 Å². The molecule has 0 bridgehead atoms. The molecule has 0 atom stereocenters. The van der Waals surface area contributed by atoms with Crippen molar-refractivity contribution in [2.24, 2.45) is 0 Å². The second-order valence-electron chi connectivity index (χ2n) is 3.55. The van der Waals surface area contributed by atoms with Gasteiger partial charge in [0.15, 0.2) is 17.5 Å². The summed E-state index contributed by atoms with van der Waals surface area (Å²) in [6.45, 7) is 0. The summed E-state index contributed by atoms with van der Waals surface area (Å²) in [5, 5.41) is 1.99. The van der Waals surface area contributed by atoms with Crippen LogP contribution < -0.4 is 5.32 Å². The molecule has 1 amide bonds. The predicted octanol–water partition coefficient (Wildman–Crippen LogP) is 3.51. The first-order valence-corrected chi connectivity index (χ1v) is 5.83. The first kappa shape index (κ1) is 13.5. The van der Waals surface area contributed by atoms with Crippen molar-refractivity contribution in [3.05, 3.63) is 58.1 Å². The van der Waals surface area contributed by atoms with E-state index in [1.807, 2.05) is 5.32 Å². The highest BCUT2D eigenvalue weighted by atomic mass is 79.9. The Hall–Kier alpha value is -1.89. The molecule has 0 radical (unpaired) electrons. The van der Waals surface area contributed by atoms with Crippen LogP contribution in [0.1, 0.15) is 10.4 Å². The van der Waals surface area contributed by atoms with E-state index in [0.29, 0.717) is 0 Å². The van der Waals surface area contributed by atoms with Gasteiger partial charge in [-0.15, -0.1) is 0 Å². The molecular formula is C12H6BrF3N2O. The normalized spacial score (nSPS) is 10.3. The van der Waals surface area contributed by atoms with E-state index < -0.39 is 29.0 Å². The van der Waals surface area contributed by atoms with Crippen molar-refractivity contribution in [3.8, 4) is 0 Å². The van der Waals surface area contributed by atoms with E-state index in [-0.39, 0.29) is 10.0 Å². The van der Waals surface area contributed by atoms with Crippen molar-refractivity contribution in [1.29, 1.82) is 0 Å². The van der Waals surface area contributed by atoms with Gasteiger partial charge in [-0.05, 0) is 18.2 Å². The molecule has 1 aromatic carbocycles. The third kappa shape index (κ3) is 2.93. The molecule has 0 fully saturated rings. The third-order valence-electron chi connectivity index (χ3n) is 2.26. The maximum atomic E-state index is 13.5. The van der Waals surface area contributed by atoms with Crippen molar-refractivity contribution in [1.82, 2.24) is 4.98 Å². The van der Waals surface area contributed by atoms with Gasteiger partial charge >= 0.3 is 0 Å². The summed E-state index contributed by atoms with van der Waals surface area (Å²) in [7, 11) is 0. The molecule has 7 heteroatoms. The number of carbonyl (C=O) groups excluding carboxylic acids is 1. The summed E-state index contributed by atoms with van der Waals surface area (Å²) in [6, 6.07) is 3.09. The number of nitrogens with one attached hydrogen (secondary N) is 1. The first-order valence-electron chi connectivity index (χ1n) is 5.04. The van der Waals surface area contributed by atoms with E-state index in [9.17, 15) is 18.0 Å². The van der Waals surface area contributed by atoms with E-state index in [0.717, 1.165) is 24.4 Å². The van der Waals surface area contributed by atoms with Crippen LogP contribution in [0, 0.1) is 17.5 Å². The molecule has 0 saturated heterocycles. The Morgan fingerprint density at radius 3 is 2.37 bits per heavy atom. The number of anilines is 1. The number of hydrogen-bond acceptors (Lipinski definition) is 2. The molecule has 1 heterocycles. The van der Waals surface area contributed by atoms with E-state index in [1.54, 1.807) is 0 Å².